The highest BCUT2D eigenvalue weighted by molar-refractivity contribution is 6.31. The van der Waals surface area contributed by atoms with Crippen LogP contribution in [0, 0.1) is 5.92 Å². The van der Waals surface area contributed by atoms with Crippen LogP contribution >= 0.6 is 11.6 Å². The van der Waals surface area contributed by atoms with E-state index >= 15 is 0 Å². The number of hydrogen-bond acceptors (Lipinski definition) is 2. The van der Waals surface area contributed by atoms with Gasteiger partial charge in [0.15, 0.2) is 0 Å². The number of hydrogen-bond donors (Lipinski definition) is 1. The molecule has 1 saturated carbocycles. The Kier molecular flexibility index (Phi) is 4.30. The zero-order chi connectivity index (χ0) is 12.3. The summed E-state index contributed by atoms with van der Waals surface area (Å²) in [5, 5.41) is 4.00. The normalized spacial score (nSPS) is 15.0. The van der Waals surface area contributed by atoms with Crippen molar-refractivity contribution in [2.75, 3.05) is 25.0 Å². The molecule has 0 saturated heterocycles. The molecule has 2 rings (SSSR count). The van der Waals surface area contributed by atoms with Gasteiger partial charge in [0.05, 0.1) is 0 Å². The molecule has 0 radical (unpaired) electrons. The van der Waals surface area contributed by atoms with E-state index in [2.05, 4.69) is 35.3 Å². The second kappa shape index (κ2) is 5.74. The second-order valence-electron chi connectivity index (χ2n) is 4.79. The van der Waals surface area contributed by atoms with Crippen LogP contribution in [0.3, 0.4) is 0 Å². The lowest BCUT2D eigenvalue weighted by molar-refractivity contribution is 0.741. The third-order valence-corrected chi connectivity index (χ3v) is 3.68. The van der Waals surface area contributed by atoms with Crippen LogP contribution in [0.4, 0.5) is 5.69 Å². The van der Waals surface area contributed by atoms with E-state index in [1.807, 2.05) is 7.05 Å². The Hall–Kier alpha value is -0.730. The summed E-state index contributed by atoms with van der Waals surface area (Å²) < 4.78 is 0. The van der Waals surface area contributed by atoms with E-state index in [0.717, 1.165) is 24.0 Å². The Morgan fingerprint density at radius 1 is 1.41 bits per heavy atom. The Morgan fingerprint density at radius 3 is 2.71 bits per heavy atom. The van der Waals surface area contributed by atoms with Crippen LogP contribution in [-0.4, -0.2) is 20.1 Å². The Morgan fingerprint density at radius 2 is 2.18 bits per heavy atom. The molecule has 0 aliphatic heterocycles. The van der Waals surface area contributed by atoms with Crippen molar-refractivity contribution in [1.82, 2.24) is 5.32 Å². The lowest BCUT2D eigenvalue weighted by Crippen LogP contribution is -2.25. The number of nitrogens with one attached hydrogen (secondary N) is 1. The van der Waals surface area contributed by atoms with Gasteiger partial charge in [-0.15, -0.1) is 0 Å². The molecule has 1 aromatic carbocycles. The Bertz CT molecular complexity index is 374. The SMILES string of the molecule is CCN(CC1CC1)c1ccc(CNC)c(Cl)c1. The van der Waals surface area contributed by atoms with Crippen molar-refractivity contribution in [3.05, 3.63) is 28.8 Å². The van der Waals surface area contributed by atoms with Gasteiger partial charge in [-0.25, -0.2) is 0 Å². The quantitative estimate of drug-likeness (QED) is 0.836. The Labute approximate surface area is 109 Å². The first kappa shape index (κ1) is 12.7. The van der Waals surface area contributed by atoms with Gasteiger partial charge in [0, 0.05) is 30.3 Å². The van der Waals surface area contributed by atoms with Crippen molar-refractivity contribution in [1.29, 1.82) is 0 Å². The number of benzene rings is 1. The lowest BCUT2D eigenvalue weighted by Gasteiger charge is -2.23. The summed E-state index contributed by atoms with van der Waals surface area (Å²) in [7, 11) is 1.94. The van der Waals surface area contributed by atoms with Crippen molar-refractivity contribution in [3.63, 3.8) is 0 Å². The molecule has 1 N–H and O–H groups in total. The molecule has 0 atom stereocenters. The van der Waals surface area contributed by atoms with Gasteiger partial charge in [-0.05, 0) is 50.4 Å². The molecule has 0 amide bonds. The summed E-state index contributed by atoms with van der Waals surface area (Å²) in [5.41, 5.74) is 2.42. The number of rotatable bonds is 6. The van der Waals surface area contributed by atoms with Gasteiger partial charge < -0.3 is 10.2 Å². The second-order valence-corrected chi connectivity index (χ2v) is 5.20. The maximum absolute atomic E-state index is 6.29. The minimum Gasteiger partial charge on any atom is -0.371 e. The molecule has 0 spiro atoms. The first-order valence-corrected chi connectivity index (χ1v) is 6.80. The summed E-state index contributed by atoms with van der Waals surface area (Å²) >= 11 is 6.29. The van der Waals surface area contributed by atoms with E-state index in [1.54, 1.807) is 0 Å². The largest absolute Gasteiger partial charge is 0.371 e. The zero-order valence-corrected chi connectivity index (χ0v) is 11.4. The molecular weight excluding hydrogens is 232 g/mol. The van der Waals surface area contributed by atoms with E-state index in [4.69, 9.17) is 11.6 Å². The molecule has 3 heteroatoms. The van der Waals surface area contributed by atoms with Gasteiger partial charge in [0.2, 0.25) is 0 Å². The third kappa shape index (κ3) is 3.36. The van der Waals surface area contributed by atoms with Gasteiger partial charge in [0.25, 0.3) is 0 Å². The molecule has 17 heavy (non-hydrogen) atoms. The fourth-order valence-electron chi connectivity index (χ4n) is 2.10. The highest BCUT2D eigenvalue weighted by Gasteiger charge is 2.24. The van der Waals surface area contributed by atoms with Gasteiger partial charge in [-0.2, -0.15) is 0 Å². The summed E-state index contributed by atoms with van der Waals surface area (Å²) in [6, 6.07) is 6.41. The summed E-state index contributed by atoms with van der Waals surface area (Å²) in [5.74, 6) is 0.908. The van der Waals surface area contributed by atoms with Gasteiger partial charge in [-0.3, -0.25) is 0 Å². The van der Waals surface area contributed by atoms with E-state index < -0.39 is 0 Å². The molecule has 0 unspecified atom stereocenters. The topological polar surface area (TPSA) is 15.3 Å². The predicted molar refractivity (Wildman–Crippen MR) is 74.8 cm³/mol. The molecule has 0 heterocycles. The van der Waals surface area contributed by atoms with E-state index in [-0.39, 0.29) is 0 Å². The molecule has 1 aromatic rings. The molecule has 2 nitrogen and oxygen atoms in total. The zero-order valence-electron chi connectivity index (χ0n) is 10.7. The summed E-state index contributed by atoms with van der Waals surface area (Å²) in [4.78, 5) is 2.42. The average molecular weight is 253 g/mol. The first-order valence-electron chi connectivity index (χ1n) is 6.42. The van der Waals surface area contributed by atoms with Gasteiger partial charge >= 0.3 is 0 Å². The summed E-state index contributed by atoms with van der Waals surface area (Å²) in [6.07, 6.45) is 2.78. The van der Waals surface area contributed by atoms with E-state index in [9.17, 15) is 0 Å². The maximum atomic E-state index is 6.29. The molecule has 0 bridgehead atoms. The monoisotopic (exact) mass is 252 g/mol. The highest BCUT2D eigenvalue weighted by atomic mass is 35.5. The lowest BCUT2D eigenvalue weighted by atomic mass is 10.2. The highest BCUT2D eigenvalue weighted by Crippen LogP contribution is 2.32. The molecule has 94 valence electrons. The number of halogens is 1. The van der Waals surface area contributed by atoms with Crippen molar-refractivity contribution in [2.24, 2.45) is 5.92 Å². The van der Waals surface area contributed by atoms with Crippen LogP contribution in [0.15, 0.2) is 18.2 Å². The van der Waals surface area contributed by atoms with E-state index in [1.165, 1.54) is 30.6 Å². The van der Waals surface area contributed by atoms with Crippen LogP contribution in [-0.2, 0) is 6.54 Å². The van der Waals surface area contributed by atoms with E-state index in [0.29, 0.717) is 0 Å². The van der Waals surface area contributed by atoms with Crippen LogP contribution in [0.25, 0.3) is 0 Å². The van der Waals surface area contributed by atoms with Crippen molar-refractivity contribution in [3.8, 4) is 0 Å². The van der Waals surface area contributed by atoms with Crippen molar-refractivity contribution in [2.45, 2.75) is 26.3 Å². The molecule has 0 aromatic heterocycles. The third-order valence-electron chi connectivity index (χ3n) is 3.33. The molecular formula is C14H21ClN2. The molecule has 1 aliphatic rings. The molecule has 1 aliphatic carbocycles. The fraction of sp³-hybridized carbons (Fsp3) is 0.571. The maximum Gasteiger partial charge on any atom is 0.0471 e. The standard InChI is InChI=1S/C14H21ClN2/c1-3-17(10-11-4-5-11)13-7-6-12(9-16-2)14(15)8-13/h6-8,11,16H,3-5,9-10H2,1-2H3. The van der Waals surface area contributed by atoms with Crippen molar-refractivity contribution >= 4 is 17.3 Å². The van der Waals surface area contributed by atoms with Gasteiger partial charge in [0.1, 0.15) is 0 Å². The Balaban J connectivity index is 2.10. The van der Waals surface area contributed by atoms with Crippen molar-refractivity contribution < 1.29 is 0 Å². The van der Waals surface area contributed by atoms with Gasteiger partial charge in [-0.1, -0.05) is 17.7 Å². The van der Waals surface area contributed by atoms with Crippen LogP contribution in [0.1, 0.15) is 25.3 Å². The smallest absolute Gasteiger partial charge is 0.0471 e. The summed E-state index contributed by atoms with van der Waals surface area (Å²) in [6.45, 7) is 5.27. The minimum absolute atomic E-state index is 0.827. The van der Waals surface area contributed by atoms with Crippen LogP contribution < -0.4 is 10.2 Å². The van der Waals surface area contributed by atoms with Crippen LogP contribution in [0.2, 0.25) is 5.02 Å². The average Bonchev–Trinajstić information content (AvgIpc) is 3.13. The minimum atomic E-state index is 0.827. The molecule has 1 fully saturated rings. The number of anilines is 1. The first-order chi connectivity index (χ1) is 8.24. The predicted octanol–water partition coefficient (Wildman–Crippen LogP) is 3.30. The fourth-order valence-corrected chi connectivity index (χ4v) is 2.34. The number of nitrogens with zero attached hydrogens (tertiary/aromatic N) is 1. The van der Waals surface area contributed by atoms with Crippen LogP contribution in [0.5, 0.6) is 0 Å².